The van der Waals surface area contributed by atoms with Crippen LogP contribution in [0.3, 0.4) is 0 Å². The minimum atomic E-state index is 0.880. The van der Waals surface area contributed by atoms with Gasteiger partial charge in [-0.2, -0.15) is 0 Å². The van der Waals surface area contributed by atoms with E-state index in [-0.39, 0.29) is 0 Å². The number of hydrogen-bond acceptors (Lipinski definition) is 1. The molecule has 0 radical (unpaired) electrons. The topological polar surface area (TPSA) is 3.24 Å². The van der Waals surface area contributed by atoms with Gasteiger partial charge in [0, 0.05) is 6.04 Å². The highest BCUT2D eigenvalue weighted by molar-refractivity contribution is 4.81. The van der Waals surface area contributed by atoms with E-state index >= 15 is 0 Å². The van der Waals surface area contributed by atoms with E-state index in [1.807, 2.05) is 13.8 Å². The van der Waals surface area contributed by atoms with Crippen LogP contribution in [0.4, 0.5) is 0 Å². The molecule has 74 valence electrons. The van der Waals surface area contributed by atoms with E-state index < -0.39 is 0 Å². The van der Waals surface area contributed by atoms with Crippen LogP contribution >= 0.6 is 0 Å². The van der Waals surface area contributed by atoms with Crippen molar-refractivity contribution >= 4 is 0 Å². The Hall–Kier alpha value is -0.0400. The Kier molecular flexibility index (Phi) is 6.45. The smallest absolute Gasteiger partial charge is 0.0118 e. The van der Waals surface area contributed by atoms with Crippen molar-refractivity contribution in [2.75, 3.05) is 13.6 Å². The molecular formula is C11H25N. The molecule has 1 saturated heterocycles. The first-order valence-corrected chi connectivity index (χ1v) is 5.46. The van der Waals surface area contributed by atoms with Crippen LogP contribution in [0.25, 0.3) is 0 Å². The van der Waals surface area contributed by atoms with Crippen molar-refractivity contribution in [2.24, 2.45) is 5.92 Å². The molecule has 12 heavy (non-hydrogen) atoms. The van der Waals surface area contributed by atoms with Crippen molar-refractivity contribution in [3.8, 4) is 0 Å². The van der Waals surface area contributed by atoms with Crippen LogP contribution in [0.1, 0.15) is 47.0 Å². The zero-order chi connectivity index (χ0) is 9.56. The molecule has 1 fully saturated rings. The molecule has 1 aliphatic heterocycles. The van der Waals surface area contributed by atoms with Crippen molar-refractivity contribution in [3.63, 3.8) is 0 Å². The molecule has 0 bridgehead atoms. The maximum Gasteiger partial charge on any atom is 0.0118 e. The molecule has 0 saturated carbocycles. The molecule has 0 aromatic rings. The van der Waals surface area contributed by atoms with Gasteiger partial charge < -0.3 is 4.90 Å². The molecule has 0 spiro atoms. The number of hydrogen-bond donors (Lipinski definition) is 0. The third kappa shape index (κ3) is 3.14. The molecule has 1 nitrogen and oxygen atoms in total. The molecule has 2 atom stereocenters. The molecule has 0 N–H and O–H groups in total. The summed E-state index contributed by atoms with van der Waals surface area (Å²) in [6.07, 6.45) is 4.12. The summed E-state index contributed by atoms with van der Waals surface area (Å²) in [7, 11) is 2.25. The van der Waals surface area contributed by atoms with E-state index in [4.69, 9.17) is 0 Å². The summed E-state index contributed by atoms with van der Waals surface area (Å²) in [5.41, 5.74) is 0. The molecule has 1 heterocycles. The van der Waals surface area contributed by atoms with Crippen molar-refractivity contribution in [3.05, 3.63) is 0 Å². The zero-order valence-electron chi connectivity index (χ0n) is 9.43. The molecular weight excluding hydrogens is 146 g/mol. The highest BCUT2D eigenvalue weighted by Gasteiger charge is 2.26. The zero-order valence-corrected chi connectivity index (χ0v) is 9.43. The fourth-order valence-electron chi connectivity index (χ4n) is 2.00. The fraction of sp³-hybridized carbons (Fsp3) is 1.00. The van der Waals surface area contributed by atoms with Gasteiger partial charge in [-0.1, -0.05) is 34.1 Å². The summed E-state index contributed by atoms with van der Waals surface area (Å²) in [4.78, 5) is 2.51. The van der Waals surface area contributed by atoms with Crippen molar-refractivity contribution in [2.45, 2.75) is 53.0 Å². The van der Waals surface area contributed by atoms with Crippen LogP contribution in [-0.2, 0) is 0 Å². The standard InChI is InChI=1S/C9H19N.C2H6/c1-4-5-9-8(2)6-7-10(9)3;1-2/h8-9H,4-7H2,1-3H3;1-2H3. The largest absolute Gasteiger partial charge is 0.303 e. The number of likely N-dealkylation sites (tertiary alicyclic amines) is 1. The number of rotatable bonds is 2. The number of nitrogens with zero attached hydrogens (tertiary/aromatic N) is 1. The van der Waals surface area contributed by atoms with E-state index in [0.29, 0.717) is 0 Å². The van der Waals surface area contributed by atoms with Gasteiger partial charge in [0.15, 0.2) is 0 Å². The van der Waals surface area contributed by atoms with Gasteiger partial charge in [-0.3, -0.25) is 0 Å². The Morgan fingerprint density at radius 3 is 2.25 bits per heavy atom. The lowest BCUT2D eigenvalue weighted by molar-refractivity contribution is 0.263. The van der Waals surface area contributed by atoms with Crippen LogP contribution < -0.4 is 0 Å². The Balaban J connectivity index is 0.000000561. The predicted molar refractivity (Wildman–Crippen MR) is 56.5 cm³/mol. The minimum absolute atomic E-state index is 0.880. The second kappa shape index (κ2) is 6.47. The van der Waals surface area contributed by atoms with Gasteiger partial charge in [0.2, 0.25) is 0 Å². The molecule has 0 amide bonds. The van der Waals surface area contributed by atoms with E-state index in [1.165, 1.54) is 25.8 Å². The van der Waals surface area contributed by atoms with Crippen LogP contribution in [-0.4, -0.2) is 24.5 Å². The van der Waals surface area contributed by atoms with Crippen molar-refractivity contribution in [1.29, 1.82) is 0 Å². The van der Waals surface area contributed by atoms with Crippen LogP contribution in [0, 0.1) is 5.92 Å². The highest BCUT2D eigenvalue weighted by atomic mass is 15.1. The van der Waals surface area contributed by atoms with Crippen LogP contribution in [0.5, 0.6) is 0 Å². The summed E-state index contributed by atoms with van der Waals surface area (Å²) in [6.45, 7) is 9.97. The van der Waals surface area contributed by atoms with E-state index in [2.05, 4.69) is 25.8 Å². The van der Waals surface area contributed by atoms with Gasteiger partial charge >= 0.3 is 0 Å². The highest BCUT2D eigenvalue weighted by Crippen LogP contribution is 2.25. The van der Waals surface area contributed by atoms with Gasteiger partial charge in [-0.05, 0) is 32.4 Å². The molecule has 0 aromatic carbocycles. The molecule has 0 aromatic heterocycles. The van der Waals surface area contributed by atoms with Gasteiger partial charge in [0.1, 0.15) is 0 Å². The van der Waals surface area contributed by atoms with E-state index in [1.54, 1.807) is 0 Å². The first-order chi connectivity index (χ1) is 5.75. The van der Waals surface area contributed by atoms with Crippen LogP contribution in [0.15, 0.2) is 0 Å². The Bertz CT molecular complexity index is 91.2. The molecule has 2 unspecified atom stereocenters. The molecule has 1 rings (SSSR count). The second-order valence-corrected chi connectivity index (χ2v) is 3.60. The third-order valence-electron chi connectivity index (χ3n) is 2.74. The summed E-state index contributed by atoms with van der Waals surface area (Å²) >= 11 is 0. The average Bonchev–Trinajstić information content (AvgIpc) is 2.40. The SMILES string of the molecule is CC.CCCC1C(C)CCN1C. The lowest BCUT2D eigenvalue weighted by Crippen LogP contribution is -2.27. The Morgan fingerprint density at radius 1 is 1.33 bits per heavy atom. The summed E-state index contributed by atoms with van der Waals surface area (Å²) < 4.78 is 0. The normalized spacial score (nSPS) is 29.8. The lowest BCUT2D eigenvalue weighted by atomic mass is 9.99. The summed E-state index contributed by atoms with van der Waals surface area (Å²) in [5.74, 6) is 0.935. The Morgan fingerprint density at radius 2 is 1.92 bits per heavy atom. The van der Waals surface area contributed by atoms with E-state index in [0.717, 1.165) is 12.0 Å². The van der Waals surface area contributed by atoms with E-state index in [9.17, 15) is 0 Å². The van der Waals surface area contributed by atoms with Crippen LogP contribution in [0.2, 0.25) is 0 Å². The summed E-state index contributed by atoms with van der Waals surface area (Å²) in [6, 6.07) is 0.880. The summed E-state index contributed by atoms with van der Waals surface area (Å²) in [5, 5.41) is 0. The van der Waals surface area contributed by atoms with Crippen molar-refractivity contribution < 1.29 is 0 Å². The lowest BCUT2D eigenvalue weighted by Gasteiger charge is -2.21. The van der Waals surface area contributed by atoms with Gasteiger partial charge in [-0.15, -0.1) is 0 Å². The second-order valence-electron chi connectivity index (χ2n) is 3.60. The van der Waals surface area contributed by atoms with Gasteiger partial charge in [0.05, 0.1) is 0 Å². The molecule has 1 heteroatoms. The minimum Gasteiger partial charge on any atom is -0.303 e. The fourth-order valence-corrected chi connectivity index (χ4v) is 2.00. The van der Waals surface area contributed by atoms with Gasteiger partial charge in [0.25, 0.3) is 0 Å². The van der Waals surface area contributed by atoms with Crippen molar-refractivity contribution in [1.82, 2.24) is 4.90 Å². The third-order valence-corrected chi connectivity index (χ3v) is 2.74. The maximum absolute atomic E-state index is 2.51. The first-order valence-electron chi connectivity index (χ1n) is 5.46. The quantitative estimate of drug-likeness (QED) is 0.617. The maximum atomic E-state index is 2.51. The monoisotopic (exact) mass is 171 g/mol. The van der Waals surface area contributed by atoms with Gasteiger partial charge in [-0.25, -0.2) is 0 Å². The molecule has 1 aliphatic rings. The predicted octanol–water partition coefficient (Wildman–Crippen LogP) is 3.15. The average molecular weight is 171 g/mol. The Labute approximate surface area is 78.1 Å². The first kappa shape index (κ1) is 12.0. The molecule has 0 aliphatic carbocycles.